The van der Waals surface area contributed by atoms with E-state index in [1.165, 1.54) is 0 Å². The van der Waals surface area contributed by atoms with Crippen molar-refractivity contribution < 1.29 is 4.79 Å². The van der Waals surface area contributed by atoms with Crippen molar-refractivity contribution in [3.05, 3.63) is 53.8 Å². The summed E-state index contributed by atoms with van der Waals surface area (Å²) >= 11 is 13.9. The second-order valence-corrected chi connectivity index (χ2v) is 8.08. The Morgan fingerprint density at radius 2 is 1.62 bits per heavy atom. The molecule has 7 heteroatoms. The number of fused-ring (bicyclic) bond motifs is 1. The summed E-state index contributed by atoms with van der Waals surface area (Å²) in [5.74, 6) is -0.0650. The maximum absolute atomic E-state index is 12.2. The van der Waals surface area contributed by atoms with Crippen molar-refractivity contribution in [2.24, 2.45) is 0 Å². The third-order valence-electron chi connectivity index (χ3n) is 3.14. The van der Waals surface area contributed by atoms with Crippen LogP contribution in [0.2, 0.25) is 0 Å². The lowest BCUT2D eigenvalue weighted by atomic mass is 10.1. The first-order chi connectivity index (χ1) is 9.95. The summed E-state index contributed by atoms with van der Waals surface area (Å²) in [5, 5.41) is 6.18. The highest BCUT2D eigenvalue weighted by molar-refractivity contribution is 9.11. The number of amides is 1. The van der Waals surface area contributed by atoms with E-state index in [0.717, 1.165) is 34.8 Å². The molecule has 108 valence electrons. The molecule has 3 rings (SSSR count). The number of benzene rings is 2. The molecule has 0 bridgehead atoms. The SMILES string of the molecule is O=C1Nc2cc(Br)ccc2C1Nc1c(Br)cc(Br)cc1Br. The van der Waals surface area contributed by atoms with Crippen LogP contribution in [0, 0.1) is 0 Å². The monoisotopic (exact) mass is 536 g/mol. The molecule has 2 aromatic rings. The van der Waals surface area contributed by atoms with E-state index in [-0.39, 0.29) is 5.91 Å². The number of carbonyl (C=O) groups is 1. The summed E-state index contributed by atoms with van der Waals surface area (Å²) in [6.07, 6.45) is 0. The van der Waals surface area contributed by atoms with Crippen LogP contribution >= 0.6 is 63.7 Å². The van der Waals surface area contributed by atoms with E-state index in [0.29, 0.717) is 0 Å². The van der Waals surface area contributed by atoms with Gasteiger partial charge in [0.1, 0.15) is 6.04 Å². The number of carbonyl (C=O) groups excluding carboxylic acids is 1. The lowest BCUT2D eigenvalue weighted by molar-refractivity contribution is -0.116. The van der Waals surface area contributed by atoms with Gasteiger partial charge >= 0.3 is 0 Å². The van der Waals surface area contributed by atoms with Crippen LogP contribution in [0.5, 0.6) is 0 Å². The summed E-state index contributed by atoms with van der Waals surface area (Å²) in [6, 6.07) is 9.22. The fourth-order valence-corrected chi connectivity index (χ4v) is 5.05. The van der Waals surface area contributed by atoms with E-state index < -0.39 is 6.04 Å². The zero-order chi connectivity index (χ0) is 15.1. The Hall–Kier alpha value is -0.370. The van der Waals surface area contributed by atoms with Crippen LogP contribution in [-0.2, 0) is 4.79 Å². The number of halogens is 4. The second-order valence-electron chi connectivity index (χ2n) is 4.54. The summed E-state index contributed by atoms with van der Waals surface area (Å²) in [6.45, 7) is 0. The number of nitrogens with one attached hydrogen (secondary N) is 2. The molecule has 1 heterocycles. The van der Waals surface area contributed by atoms with E-state index in [9.17, 15) is 4.79 Å². The van der Waals surface area contributed by atoms with Crippen LogP contribution in [0.1, 0.15) is 11.6 Å². The molecule has 1 aliphatic rings. The van der Waals surface area contributed by atoms with E-state index in [1.54, 1.807) is 0 Å². The minimum atomic E-state index is -0.415. The molecular formula is C14H8Br4N2O. The highest BCUT2D eigenvalue weighted by atomic mass is 79.9. The van der Waals surface area contributed by atoms with Crippen molar-refractivity contribution in [1.29, 1.82) is 0 Å². The van der Waals surface area contributed by atoms with Gasteiger partial charge in [0.05, 0.1) is 5.69 Å². The van der Waals surface area contributed by atoms with Crippen molar-refractivity contribution >= 4 is 81.0 Å². The number of hydrogen-bond donors (Lipinski definition) is 2. The molecular weight excluding hydrogens is 532 g/mol. The molecule has 0 aliphatic carbocycles. The molecule has 0 spiro atoms. The molecule has 1 atom stereocenters. The highest BCUT2D eigenvalue weighted by Gasteiger charge is 2.31. The fourth-order valence-electron chi connectivity index (χ4n) is 2.20. The van der Waals surface area contributed by atoms with Crippen molar-refractivity contribution in [3.63, 3.8) is 0 Å². The van der Waals surface area contributed by atoms with Crippen LogP contribution in [0.25, 0.3) is 0 Å². The van der Waals surface area contributed by atoms with Crippen molar-refractivity contribution in [1.82, 2.24) is 0 Å². The molecule has 3 nitrogen and oxygen atoms in total. The Morgan fingerprint density at radius 1 is 0.952 bits per heavy atom. The molecule has 2 N–H and O–H groups in total. The number of hydrogen-bond acceptors (Lipinski definition) is 2. The normalized spacial score (nSPS) is 16.6. The van der Waals surface area contributed by atoms with Gasteiger partial charge in [-0.2, -0.15) is 0 Å². The van der Waals surface area contributed by atoms with Gasteiger partial charge in [0.2, 0.25) is 0 Å². The highest BCUT2D eigenvalue weighted by Crippen LogP contribution is 2.40. The van der Waals surface area contributed by atoms with E-state index >= 15 is 0 Å². The van der Waals surface area contributed by atoms with Crippen LogP contribution in [-0.4, -0.2) is 5.91 Å². The van der Waals surface area contributed by atoms with Crippen LogP contribution in [0.4, 0.5) is 11.4 Å². The maximum Gasteiger partial charge on any atom is 0.251 e. The second kappa shape index (κ2) is 6.02. The zero-order valence-corrected chi connectivity index (χ0v) is 16.7. The average molecular weight is 540 g/mol. The molecule has 0 saturated carbocycles. The average Bonchev–Trinajstić information content (AvgIpc) is 2.68. The molecule has 0 saturated heterocycles. The third kappa shape index (κ3) is 3.06. The quantitative estimate of drug-likeness (QED) is 0.503. The van der Waals surface area contributed by atoms with Gasteiger partial charge in [0.15, 0.2) is 0 Å². The van der Waals surface area contributed by atoms with Gasteiger partial charge in [0.25, 0.3) is 5.91 Å². The van der Waals surface area contributed by atoms with Gasteiger partial charge in [-0.25, -0.2) is 0 Å². The van der Waals surface area contributed by atoms with E-state index in [2.05, 4.69) is 74.4 Å². The minimum Gasteiger partial charge on any atom is -0.368 e. The Labute approximate surface area is 155 Å². The standard InChI is InChI=1S/C14H8Br4N2O/c15-6-1-2-8-11(5-6)19-14(21)12(8)20-13-9(17)3-7(16)4-10(13)18/h1-5,12,20H,(H,19,21). The van der Waals surface area contributed by atoms with Gasteiger partial charge in [0, 0.05) is 29.1 Å². The third-order valence-corrected chi connectivity index (χ3v) is 5.34. The lowest BCUT2D eigenvalue weighted by Crippen LogP contribution is -2.20. The minimum absolute atomic E-state index is 0.0650. The largest absolute Gasteiger partial charge is 0.368 e. The predicted octanol–water partition coefficient (Wildman–Crippen LogP) is 5.84. The van der Waals surface area contributed by atoms with Crippen LogP contribution in [0.15, 0.2) is 48.2 Å². The van der Waals surface area contributed by atoms with Gasteiger partial charge in [-0.3, -0.25) is 4.79 Å². The van der Waals surface area contributed by atoms with Gasteiger partial charge in [-0.1, -0.05) is 37.9 Å². The lowest BCUT2D eigenvalue weighted by Gasteiger charge is -2.16. The Morgan fingerprint density at radius 3 is 2.29 bits per heavy atom. The maximum atomic E-state index is 12.2. The summed E-state index contributed by atoms with van der Waals surface area (Å²) in [7, 11) is 0. The summed E-state index contributed by atoms with van der Waals surface area (Å²) in [5.41, 5.74) is 2.61. The van der Waals surface area contributed by atoms with Gasteiger partial charge in [-0.05, 0) is 56.1 Å². The molecule has 1 unspecified atom stereocenters. The van der Waals surface area contributed by atoms with Gasteiger partial charge < -0.3 is 10.6 Å². The molecule has 2 aromatic carbocycles. The fraction of sp³-hybridized carbons (Fsp3) is 0.0714. The van der Waals surface area contributed by atoms with Crippen molar-refractivity contribution in [2.45, 2.75) is 6.04 Å². The van der Waals surface area contributed by atoms with Crippen molar-refractivity contribution in [3.8, 4) is 0 Å². The molecule has 0 fully saturated rings. The first kappa shape index (κ1) is 15.5. The molecule has 21 heavy (non-hydrogen) atoms. The van der Waals surface area contributed by atoms with Crippen molar-refractivity contribution in [2.75, 3.05) is 10.6 Å². The molecule has 1 aliphatic heterocycles. The molecule has 0 aromatic heterocycles. The Kier molecular flexibility index (Phi) is 4.45. The Balaban J connectivity index is 1.99. The smallest absolute Gasteiger partial charge is 0.251 e. The topological polar surface area (TPSA) is 41.1 Å². The number of anilines is 2. The van der Waals surface area contributed by atoms with Crippen LogP contribution < -0.4 is 10.6 Å². The first-order valence-corrected chi connectivity index (χ1v) is 9.14. The van der Waals surface area contributed by atoms with E-state index in [4.69, 9.17) is 0 Å². The predicted molar refractivity (Wildman–Crippen MR) is 98.7 cm³/mol. The Bertz CT molecular complexity index is 725. The van der Waals surface area contributed by atoms with Gasteiger partial charge in [-0.15, -0.1) is 0 Å². The molecule has 1 amide bonds. The first-order valence-electron chi connectivity index (χ1n) is 5.97. The summed E-state index contributed by atoms with van der Waals surface area (Å²) < 4.78 is 3.64. The van der Waals surface area contributed by atoms with Crippen LogP contribution in [0.3, 0.4) is 0 Å². The summed E-state index contributed by atoms with van der Waals surface area (Å²) in [4.78, 5) is 12.2. The zero-order valence-electron chi connectivity index (χ0n) is 10.4. The number of rotatable bonds is 2. The molecule has 0 radical (unpaired) electrons. The van der Waals surface area contributed by atoms with E-state index in [1.807, 2.05) is 30.3 Å².